The van der Waals surface area contributed by atoms with E-state index in [1.54, 1.807) is 17.0 Å². The highest BCUT2D eigenvalue weighted by Gasteiger charge is 2.40. The Morgan fingerprint density at radius 3 is 2.51 bits per heavy atom. The minimum Gasteiger partial charge on any atom is -0.338 e. The number of likely N-dealkylation sites (tertiary alicyclic amines) is 3. The number of thiophene rings is 1. The molecule has 3 aliphatic rings. The molecule has 0 saturated carbocycles. The number of hydrogen-bond donors (Lipinski definition) is 1. The van der Waals surface area contributed by atoms with E-state index in [0.717, 1.165) is 31.2 Å². The Bertz CT molecular complexity index is 1110. The SMILES string of the molecule is CC1CCCN1C(=O)[C@@H]1CCCN1C(=O)CN1CCC[C@H](NS(=O)(=O)C=Cc2ccc(Cl)s2)C1=O. The first kappa shape index (κ1) is 26.1. The van der Waals surface area contributed by atoms with Crippen molar-refractivity contribution in [3.63, 3.8) is 0 Å². The Morgan fingerprint density at radius 1 is 1.11 bits per heavy atom. The summed E-state index contributed by atoms with van der Waals surface area (Å²) in [5.74, 6) is -0.690. The molecule has 0 bridgehead atoms. The highest BCUT2D eigenvalue weighted by molar-refractivity contribution is 7.92. The van der Waals surface area contributed by atoms with Crippen LogP contribution < -0.4 is 4.72 Å². The summed E-state index contributed by atoms with van der Waals surface area (Å²) < 4.78 is 28.0. The molecule has 3 fully saturated rings. The third-order valence-electron chi connectivity index (χ3n) is 6.86. The van der Waals surface area contributed by atoms with E-state index in [9.17, 15) is 22.8 Å². The van der Waals surface area contributed by atoms with Crippen molar-refractivity contribution in [3.8, 4) is 0 Å². The van der Waals surface area contributed by atoms with Gasteiger partial charge in [-0.15, -0.1) is 11.3 Å². The number of piperidine rings is 1. The van der Waals surface area contributed by atoms with E-state index in [0.29, 0.717) is 41.6 Å². The van der Waals surface area contributed by atoms with Gasteiger partial charge in [0.2, 0.25) is 27.7 Å². The smallest absolute Gasteiger partial charge is 0.245 e. The van der Waals surface area contributed by atoms with E-state index >= 15 is 0 Å². The van der Waals surface area contributed by atoms with Crippen molar-refractivity contribution in [2.24, 2.45) is 0 Å². The molecule has 0 radical (unpaired) electrons. The third kappa shape index (κ3) is 6.25. The standard InChI is InChI=1S/C23H31ClN4O5S2/c1-16-5-2-12-27(16)23(31)19-7-4-13-28(19)21(29)15-26-11-3-6-18(22(26)30)25-35(32,33)14-10-17-8-9-20(24)34-17/h8-10,14,16,18-19,25H,2-7,11-13,15H2,1H3/t16?,18-,19-/m0/s1. The Kier molecular flexibility index (Phi) is 8.19. The monoisotopic (exact) mass is 542 g/mol. The zero-order valence-electron chi connectivity index (χ0n) is 19.7. The van der Waals surface area contributed by atoms with Gasteiger partial charge in [0, 0.05) is 36.0 Å². The van der Waals surface area contributed by atoms with Crippen LogP contribution in [0.15, 0.2) is 17.5 Å². The number of hydrogen-bond acceptors (Lipinski definition) is 6. The number of carbonyl (C=O) groups is 3. The van der Waals surface area contributed by atoms with Crippen molar-refractivity contribution in [2.75, 3.05) is 26.2 Å². The molecule has 1 N–H and O–H groups in total. The predicted octanol–water partition coefficient (Wildman–Crippen LogP) is 2.28. The van der Waals surface area contributed by atoms with Crippen LogP contribution in [0.2, 0.25) is 4.34 Å². The fourth-order valence-electron chi connectivity index (χ4n) is 5.05. The molecule has 1 aromatic heterocycles. The molecule has 0 aromatic carbocycles. The van der Waals surface area contributed by atoms with Gasteiger partial charge in [-0.2, -0.15) is 4.72 Å². The molecule has 3 atom stereocenters. The molecular weight excluding hydrogens is 512 g/mol. The number of amides is 3. The fraction of sp³-hybridized carbons (Fsp3) is 0.609. The van der Waals surface area contributed by atoms with Crippen molar-refractivity contribution < 1.29 is 22.8 Å². The van der Waals surface area contributed by atoms with Crippen LogP contribution >= 0.6 is 22.9 Å². The van der Waals surface area contributed by atoms with Gasteiger partial charge in [0.25, 0.3) is 0 Å². The second-order valence-electron chi connectivity index (χ2n) is 9.33. The molecule has 3 saturated heterocycles. The van der Waals surface area contributed by atoms with E-state index in [2.05, 4.69) is 4.72 Å². The van der Waals surface area contributed by atoms with Gasteiger partial charge in [0.1, 0.15) is 12.1 Å². The lowest BCUT2D eigenvalue weighted by molar-refractivity contribution is -0.147. The molecule has 4 rings (SSSR count). The molecule has 0 aliphatic carbocycles. The minimum absolute atomic E-state index is 0.00438. The maximum Gasteiger partial charge on any atom is 0.245 e. The molecule has 1 aromatic rings. The Labute approximate surface area is 215 Å². The highest BCUT2D eigenvalue weighted by atomic mass is 35.5. The number of sulfonamides is 1. The van der Waals surface area contributed by atoms with Crippen LogP contribution in [0, 0.1) is 0 Å². The van der Waals surface area contributed by atoms with Crippen molar-refractivity contribution in [1.29, 1.82) is 0 Å². The first-order valence-corrected chi connectivity index (χ1v) is 14.7. The van der Waals surface area contributed by atoms with Crippen molar-refractivity contribution in [2.45, 2.75) is 63.6 Å². The average molecular weight is 543 g/mol. The van der Waals surface area contributed by atoms with Gasteiger partial charge in [-0.3, -0.25) is 14.4 Å². The van der Waals surface area contributed by atoms with Crippen LogP contribution in [0.5, 0.6) is 0 Å². The average Bonchev–Trinajstić information content (AvgIpc) is 3.55. The summed E-state index contributed by atoms with van der Waals surface area (Å²) in [5.41, 5.74) is 0. The van der Waals surface area contributed by atoms with Gasteiger partial charge in [-0.05, 0) is 63.7 Å². The van der Waals surface area contributed by atoms with Crippen molar-refractivity contribution >= 4 is 56.8 Å². The molecule has 4 heterocycles. The van der Waals surface area contributed by atoms with E-state index in [4.69, 9.17) is 11.6 Å². The van der Waals surface area contributed by atoms with Crippen LogP contribution in [0.3, 0.4) is 0 Å². The first-order valence-electron chi connectivity index (χ1n) is 12.0. The second-order valence-corrected chi connectivity index (χ2v) is 12.7. The molecule has 35 heavy (non-hydrogen) atoms. The minimum atomic E-state index is -3.87. The van der Waals surface area contributed by atoms with Gasteiger partial charge in [0.15, 0.2) is 0 Å². The van der Waals surface area contributed by atoms with Crippen LogP contribution in [0.4, 0.5) is 0 Å². The van der Waals surface area contributed by atoms with Crippen LogP contribution in [-0.4, -0.2) is 85.1 Å². The lowest BCUT2D eigenvalue weighted by Gasteiger charge is -2.34. The van der Waals surface area contributed by atoms with Crippen molar-refractivity contribution in [3.05, 3.63) is 26.8 Å². The van der Waals surface area contributed by atoms with E-state index < -0.39 is 28.0 Å². The van der Waals surface area contributed by atoms with Crippen LogP contribution in [-0.2, 0) is 24.4 Å². The van der Waals surface area contributed by atoms with Crippen LogP contribution in [0.1, 0.15) is 50.3 Å². The lowest BCUT2D eigenvalue weighted by atomic mass is 10.1. The van der Waals surface area contributed by atoms with Gasteiger partial charge in [-0.25, -0.2) is 8.42 Å². The van der Waals surface area contributed by atoms with E-state index in [-0.39, 0.29) is 24.4 Å². The second kappa shape index (κ2) is 11.0. The fourth-order valence-corrected chi connectivity index (χ4v) is 7.12. The predicted molar refractivity (Wildman–Crippen MR) is 135 cm³/mol. The number of carbonyl (C=O) groups excluding carboxylic acids is 3. The summed E-state index contributed by atoms with van der Waals surface area (Å²) in [7, 11) is -3.87. The van der Waals surface area contributed by atoms with Crippen LogP contribution in [0.25, 0.3) is 6.08 Å². The topological polar surface area (TPSA) is 107 Å². The third-order valence-corrected chi connectivity index (χ3v) is 9.17. The number of nitrogens with one attached hydrogen (secondary N) is 1. The maximum absolute atomic E-state index is 13.1. The molecule has 3 aliphatic heterocycles. The van der Waals surface area contributed by atoms with Gasteiger partial charge in [0.05, 0.1) is 10.9 Å². The Hall–Kier alpha value is -1.95. The maximum atomic E-state index is 13.1. The molecule has 0 spiro atoms. The first-order chi connectivity index (χ1) is 16.6. The highest BCUT2D eigenvalue weighted by Crippen LogP contribution is 2.26. The Balaban J connectivity index is 1.36. The molecule has 192 valence electrons. The summed E-state index contributed by atoms with van der Waals surface area (Å²) in [4.78, 5) is 44.8. The van der Waals surface area contributed by atoms with E-state index in [1.807, 2.05) is 11.8 Å². The summed E-state index contributed by atoms with van der Waals surface area (Å²) in [6.45, 7) is 3.47. The summed E-state index contributed by atoms with van der Waals surface area (Å²) in [5, 5.41) is 1.02. The molecule has 3 amide bonds. The molecular formula is C23H31ClN4O5S2. The molecule has 12 heteroatoms. The zero-order chi connectivity index (χ0) is 25.2. The normalized spacial score (nSPS) is 25.7. The summed E-state index contributed by atoms with van der Waals surface area (Å²) >= 11 is 7.12. The van der Waals surface area contributed by atoms with Gasteiger partial charge >= 0.3 is 0 Å². The number of nitrogens with zero attached hydrogens (tertiary/aromatic N) is 3. The van der Waals surface area contributed by atoms with E-state index in [1.165, 1.54) is 22.3 Å². The van der Waals surface area contributed by atoms with Crippen molar-refractivity contribution in [1.82, 2.24) is 19.4 Å². The zero-order valence-corrected chi connectivity index (χ0v) is 22.1. The van der Waals surface area contributed by atoms with Gasteiger partial charge < -0.3 is 14.7 Å². The summed E-state index contributed by atoms with van der Waals surface area (Å²) in [6, 6.07) is 2.16. The molecule has 9 nitrogen and oxygen atoms in total. The molecule has 1 unspecified atom stereocenters. The summed E-state index contributed by atoms with van der Waals surface area (Å²) in [6.07, 6.45) is 5.70. The number of rotatable bonds is 7. The number of halogens is 1. The largest absolute Gasteiger partial charge is 0.338 e. The van der Waals surface area contributed by atoms with Gasteiger partial charge in [-0.1, -0.05) is 11.6 Å². The Morgan fingerprint density at radius 2 is 1.83 bits per heavy atom. The quantitative estimate of drug-likeness (QED) is 0.569. The lowest BCUT2D eigenvalue weighted by Crippen LogP contribution is -2.56.